The molecule has 0 spiro atoms. The highest BCUT2D eigenvalue weighted by Gasteiger charge is 2.23. The van der Waals surface area contributed by atoms with E-state index in [4.69, 9.17) is 17.2 Å². The van der Waals surface area contributed by atoms with Crippen LogP contribution < -0.4 is 26.6 Å². The molecule has 0 heterocycles. The molecule has 0 aliphatic heterocycles. The molecule has 0 saturated heterocycles. The lowest BCUT2D eigenvalue weighted by atomic mass is 10.1. The van der Waals surface area contributed by atoms with Crippen LogP contribution in [-0.4, -0.2) is 22.8 Å². The van der Waals surface area contributed by atoms with Gasteiger partial charge in [-0.05, 0) is 84.7 Å². The molecule has 0 fully saturated rings. The predicted octanol–water partition coefficient (Wildman–Crippen LogP) is 4.25. The molecule has 8 N–H and O–H groups in total. The van der Waals surface area contributed by atoms with Crippen LogP contribution in [0.1, 0.15) is 78.6 Å². The number of nitrogens with zero attached hydrogens (tertiary/aromatic N) is 1. The van der Waals surface area contributed by atoms with E-state index in [-0.39, 0.29) is 28.2 Å². The largest absolute Gasteiger partial charge is 0.397 e. The molecule has 0 unspecified atom stereocenters. The predicted molar refractivity (Wildman–Crippen MR) is 152 cm³/mol. The summed E-state index contributed by atoms with van der Waals surface area (Å²) in [5.74, 6) is 0. The molecule has 0 bridgehead atoms. The Morgan fingerprint density at radius 1 is 0.750 bits per heavy atom. The molecule has 0 aliphatic carbocycles. The van der Waals surface area contributed by atoms with Gasteiger partial charge in [0.25, 0.3) is 5.69 Å². The summed E-state index contributed by atoms with van der Waals surface area (Å²) in [6.45, 7) is 15.1. The number of rotatable bonds is 7. The van der Waals surface area contributed by atoms with Crippen LogP contribution in [0.15, 0.2) is 36.4 Å². The summed E-state index contributed by atoms with van der Waals surface area (Å²) >= 11 is 0. The van der Waals surface area contributed by atoms with Crippen molar-refractivity contribution in [3.63, 3.8) is 0 Å². The van der Waals surface area contributed by atoms with Gasteiger partial charge in [-0.1, -0.05) is 12.1 Å². The lowest BCUT2D eigenvalue weighted by Crippen LogP contribution is -2.34. The number of nitrogen functional groups attached to an aromatic ring is 3. The number of nitrogens with one attached hydrogen (secondary N) is 2. The van der Waals surface area contributed by atoms with Gasteiger partial charge in [0.1, 0.15) is 5.69 Å². The van der Waals surface area contributed by atoms with E-state index in [0.29, 0.717) is 16.9 Å². The van der Waals surface area contributed by atoms with Gasteiger partial charge in [0.2, 0.25) is 0 Å². The number of hydrogen-bond donors (Lipinski definition) is 5. The van der Waals surface area contributed by atoms with Gasteiger partial charge in [-0.15, -0.1) is 0 Å². The van der Waals surface area contributed by atoms with E-state index < -0.39 is 31.6 Å². The van der Waals surface area contributed by atoms with E-state index in [0.717, 1.165) is 5.56 Å². The number of nitro benzene ring substituents is 1. The van der Waals surface area contributed by atoms with Gasteiger partial charge in [-0.25, -0.2) is 17.9 Å². The van der Waals surface area contributed by atoms with Crippen molar-refractivity contribution < 1.29 is 13.3 Å². The highest BCUT2D eigenvalue weighted by molar-refractivity contribution is 7.84. The monoisotopic (exact) mass is 540 g/mol. The van der Waals surface area contributed by atoms with Gasteiger partial charge >= 0.3 is 0 Å². The summed E-state index contributed by atoms with van der Waals surface area (Å²) in [6.07, 6.45) is 0. The van der Waals surface area contributed by atoms with Crippen LogP contribution in [0.4, 0.5) is 22.7 Å². The van der Waals surface area contributed by atoms with Gasteiger partial charge in [0.15, 0.2) is 0 Å². The third kappa shape index (κ3) is 9.49. The first kappa shape index (κ1) is 31.5. The summed E-state index contributed by atoms with van der Waals surface area (Å²) in [7, 11) is -2.34. The molecule has 0 amide bonds. The fourth-order valence-electron chi connectivity index (χ4n) is 2.66. The Morgan fingerprint density at radius 2 is 1.14 bits per heavy atom. The van der Waals surface area contributed by atoms with Crippen molar-refractivity contribution in [3.8, 4) is 0 Å². The molecular weight excluding hydrogens is 500 g/mol. The van der Waals surface area contributed by atoms with Gasteiger partial charge in [-0.2, -0.15) is 0 Å². The molecule has 0 radical (unpaired) electrons. The molecule has 0 aliphatic rings. The summed E-state index contributed by atoms with van der Waals surface area (Å²) in [4.78, 5) is 10.3. The molecule has 4 atom stereocenters. The SMILES string of the molecule is C[C@H](N[S@@](=O)C(C)(C)C)c1ccc(N)c(N)c1.C[C@H](N[S@@](=O)C(C)(C)C)c1ccc(N)c([N+](=O)[O-])c1. The topological polar surface area (TPSA) is 179 Å². The highest BCUT2D eigenvalue weighted by atomic mass is 32.2. The zero-order valence-corrected chi connectivity index (χ0v) is 23.9. The lowest BCUT2D eigenvalue weighted by Gasteiger charge is -2.22. The Balaban J connectivity index is 0.000000362. The Labute approximate surface area is 219 Å². The molecule has 0 saturated carbocycles. The molecule has 10 nitrogen and oxygen atoms in total. The number of nitro groups is 1. The maximum Gasteiger partial charge on any atom is 0.292 e. The fraction of sp³-hybridized carbons (Fsp3) is 0.500. The highest BCUT2D eigenvalue weighted by Crippen LogP contribution is 2.26. The van der Waals surface area contributed by atoms with Crippen molar-refractivity contribution in [2.24, 2.45) is 0 Å². The van der Waals surface area contributed by atoms with Crippen LogP contribution in [0.5, 0.6) is 0 Å². The van der Waals surface area contributed by atoms with Crippen molar-refractivity contribution in [1.82, 2.24) is 9.44 Å². The Hall–Kier alpha value is -2.54. The van der Waals surface area contributed by atoms with Gasteiger partial charge in [0.05, 0.1) is 47.8 Å². The lowest BCUT2D eigenvalue weighted by molar-refractivity contribution is -0.384. The van der Waals surface area contributed by atoms with Gasteiger partial charge in [-0.3, -0.25) is 10.1 Å². The van der Waals surface area contributed by atoms with Crippen LogP contribution in [0, 0.1) is 10.1 Å². The maximum atomic E-state index is 12.0. The standard InChI is InChI=1S/C12H19N3O3S.C12H21N3OS/c1-8(14-19(18)12(2,3)4)9-5-6-10(13)11(7-9)15(16)17;1-8(15-17(16)12(2,3)4)9-5-6-10(13)11(14)7-9/h5-8,14H,13H2,1-4H3;5-8,15H,13-14H2,1-4H3/t8-,19-;8-,17-/m00/s1. The summed E-state index contributed by atoms with van der Waals surface area (Å²) in [5.41, 5.74) is 19.7. The minimum absolute atomic E-state index is 0.0297. The second-order valence-electron chi connectivity index (χ2n) is 10.4. The molecular formula is C24H40N6O4S2. The van der Waals surface area contributed by atoms with E-state index in [9.17, 15) is 18.5 Å². The van der Waals surface area contributed by atoms with Gasteiger partial charge < -0.3 is 17.2 Å². The first-order valence-corrected chi connectivity index (χ1v) is 13.7. The number of anilines is 3. The Bertz CT molecular complexity index is 1110. The molecule has 36 heavy (non-hydrogen) atoms. The normalized spacial score (nSPS) is 15.2. The minimum Gasteiger partial charge on any atom is -0.397 e. The van der Waals surface area contributed by atoms with E-state index >= 15 is 0 Å². The number of nitrogens with two attached hydrogens (primary N) is 3. The molecule has 2 aromatic carbocycles. The molecule has 202 valence electrons. The van der Waals surface area contributed by atoms with Crippen molar-refractivity contribution in [3.05, 3.63) is 57.6 Å². The van der Waals surface area contributed by atoms with E-state index in [1.165, 1.54) is 12.1 Å². The van der Waals surface area contributed by atoms with Crippen LogP contribution in [0.3, 0.4) is 0 Å². The molecule has 2 rings (SSSR count). The Morgan fingerprint density at radius 3 is 1.50 bits per heavy atom. The maximum absolute atomic E-state index is 12.0. The van der Waals surface area contributed by atoms with Crippen LogP contribution in [0.2, 0.25) is 0 Å². The first-order chi connectivity index (χ1) is 16.3. The first-order valence-electron chi connectivity index (χ1n) is 11.4. The quantitative estimate of drug-likeness (QED) is 0.198. The second kappa shape index (κ2) is 12.6. The number of benzene rings is 2. The van der Waals surface area contributed by atoms with Crippen molar-refractivity contribution in [1.29, 1.82) is 0 Å². The zero-order valence-electron chi connectivity index (χ0n) is 22.2. The van der Waals surface area contributed by atoms with E-state index in [1.807, 2.05) is 60.6 Å². The molecule has 0 aromatic heterocycles. The fourth-order valence-corrected chi connectivity index (χ4v) is 4.28. The van der Waals surface area contributed by atoms with Crippen LogP contribution >= 0.6 is 0 Å². The molecule has 2 aromatic rings. The van der Waals surface area contributed by atoms with E-state index in [1.54, 1.807) is 19.1 Å². The second-order valence-corrected chi connectivity index (χ2v) is 14.4. The summed E-state index contributed by atoms with van der Waals surface area (Å²) < 4.78 is 29.2. The van der Waals surface area contributed by atoms with Crippen LogP contribution in [0.25, 0.3) is 0 Å². The third-order valence-corrected chi connectivity index (χ3v) is 8.40. The van der Waals surface area contributed by atoms with E-state index in [2.05, 4.69) is 9.44 Å². The van der Waals surface area contributed by atoms with Gasteiger partial charge in [0, 0.05) is 18.2 Å². The van der Waals surface area contributed by atoms with Crippen LogP contribution in [-0.2, 0) is 22.0 Å². The molecule has 12 heteroatoms. The number of hydrogen-bond acceptors (Lipinski definition) is 7. The zero-order chi connectivity index (χ0) is 28.0. The smallest absolute Gasteiger partial charge is 0.292 e. The summed E-state index contributed by atoms with van der Waals surface area (Å²) in [6, 6.07) is 9.77. The minimum atomic E-state index is -1.24. The Kier molecular flexibility index (Phi) is 11.0. The average Bonchev–Trinajstić information content (AvgIpc) is 2.74. The van der Waals surface area contributed by atoms with Crippen molar-refractivity contribution in [2.75, 3.05) is 17.2 Å². The van der Waals surface area contributed by atoms with Crippen molar-refractivity contribution >= 4 is 44.7 Å². The summed E-state index contributed by atoms with van der Waals surface area (Å²) in [5, 5.41) is 10.8. The van der Waals surface area contributed by atoms with Crippen molar-refractivity contribution in [2.45, 2.75) is 77.0 Å². The average molecular weight is 541 g/mol. The third-order valence-electron chi connectivity index (χ3n) is 5.04.